The van der Waals surface area contributed by atoms with Crippen LogP contribution in [-0.2, 0) is 14.4 Å². The van der Waals surface area contributed by atoms with Gasteiger partial charge in [-0.15, -0.1) is 0 Å². The SMILES string of the molecule is NC(=O)CN(CC(=O)O)CC(=O)O.[Na].[Na]. The number of carbonyl (C=O) groups is 3. The summed E-state index contributed by atoms with van der Waals surface area (Å²) in [6.45, 7) is -1.41. The van der Waals surface area contributed by atoms with Crippen LogP contribution < -0.4 is 5.73 Å². The predicted octanol–water partition coefficient (Wildman–Crippen LogP) is -2.82. The van der Waals surface area contributed by atoms with Crippen molar-refractivity contribution < 1.29 is 24.6 Å². The summed E-state index contributed by atoms with van der Waals surface area (Å²) in [4.78, 5) is 31.7. The van der Waals surface area contributed by atoms with Gasteiger partial charge in [-0.2, -0.15) is 0 Å². The van der Waals surface area contributed by atoms with E-state index in [1.807, 2.05) is 0 Å². The van der Waals surface area contributed by atoms with Gasteiger partial charge in [0.25, 0.3) is 0 Å². The summed E-state index contributed by atoms with van der Waals surface area (Å²) in [6.07, 6.45) is 0. The molecule has 0 aliphatic carbocycles. The van der Waals surface area contributed by atoms with Gasteiger partial charge < -0.3 is 15.9 Å². The van der Waals surface area contributed by atoms with E-state index in [-0.39, 0.29) is 65.7 Å². The Hall–Kier alpha value is 0.370. The largest absolute Gasteiger partial charge is 0.480 e. The molecule has 0 aromatic heterocycles. The normalized spacial score (nSPS) is 8.60. The van der Waals surface area contributed by atoms with Crippen LogP contribution in [0.3, 0.4) is 0 Å². The minimum absolute atomic E-state index is 0. The van der Waals surface area contributed by atoms with E-state index < -0.39 is 30.9 Å². The van der Waals surface area contributed by atoms with E-state index in [9.17, 15) is 14.4 Å². The molecule has 7 nitrogen and oxygen atoms in total. The first kappa shape index (κ1) is 20.7. The van der Waals surface area contributed by atoms with Gasteiger partial charge in [-0.25, -0.2) is 0 Å². The zero-order chi connectivity index (χ0) is 10.4. The predicted molar refractivity (Wildman–Crippen MR) is 52.4 cm³/mol. The Labute approximate surface area is 131 Å². The van der Waals surface area contributed by atoms with E-state index in [0.717, 1.165) is 4.90 Å². The number of nitrogens with zero attached hydrogens (tertiary/aromatic N) is 1. The Morgan fingerprint density at radius 2 is 1.27 bits per heavy atom. The van der Waals surface area contributed by atoms with Crippen LogP contribution in [-0.4, -0.2) is 112 Å². The minimum atomic E-state index is -1.21. The molecule has 4 N–H and O–H groups in total. The Morgan fingerprint density at radius 1 is 0.933 bits per heavy atom. The van der Waals surface area contributed by atoms with E-state index in [2.05, 4.69) is 0 Å². The van der Waals surface area contributed by atoms with Gasteiger partial charge in [0.2, 0.25) is 5.91 Å². The fourth-order valence-corrected chi connectivity index (χ4v) is 0.771. The average molecular weight is 236 g/mol. The molecule has 0 fully saturated rings. The molecule has 0 saturated carbocycles. The molecule has 1 amide bonds. The van der Waals surface area contributed by atoms with E-state index >= 15 is 0 Å². The van der Waals surface area contributed by atoms with Crippen LogP contribution in [0.15, 0.2) is 0 Å². The molecule has 0 aromatic rings. The Balaban J connectivity index is -0.000000720. The van der Waals surface area contributed by atoms with E-state index in [0.29, 0.717) is 0 Å². The van der Waals surface area contributed by atoms with Crippen LogP contribution in [0.2, 0.25) is 0 Å². The number of rotatable bonds is 6. The molecular weight excluding hydrogens is 226 g/mol. The molecule has 0 rings (SSSR count). The van der Waals surface area contributed by atoms with Crippen molar-refractivity contribution in [1.29, 1.82) is 0 Å². The number of primary amides is 1. The van der Waals surface area contributed by atoms with Crippen molar-refractivity contribution in [1.82, 2.24) is 4.90 Å². The topological polar surface area (TPSA) is 121 Å². The second kappa shape index (κ2) is 10.9. The molecule has 0 unspecified atom stereocenters. The smallest absolute Gasteiger partial charge is 0.317 e. The molecule has 0 aromatic carbocycles. The number of amides is 1. The zero-order valence-corrected chi connectivity index (χ0v) is 12.8. The van der Waals surface area contributed by atoms with Crippen molar-refractivity contribution in [3.63, 3.8) is 0 Å². The van der Waals surface area contributed by atoms with Crippen molar-refractivity contribution in [2.45, 2.75) is 0 Å². The molecule has 0 aliphatic rings. The maximum atomic E-state index is 10.4. The summed E-state index contributed by atoms with van der Waals surface area (Å²) < 4.78 is 0. The minimum Gasteiger partial charge on any atom is -0.480 e. The van der Waals surface area contributed by atoms with Gasteiger partial charge in [0.05, 0.1) is 19.6 Å². The standard InChI is InChI=1S/C6H10N2O5.2Na/c7-4(9)1-8(2-5(10)11)3-6(12)13;;/h1-3H2,(H2,7,9)(H,10,11)(H,12,13);;. The molecule has 0 atom stereocenters. The third-order valence-electron chi connectivity index (χ3n) is 1.10. The third-order valence-corrected chi connectivity index (χ3v) is 1.10. The molecule has 9 heteroatoms. The first-order chi connectivity index (χ1) is 5.91. The third kappa shape index (κ3) is 14.4. The number of carboxylic acids is 2. The van der Waals surface area contributed by atoms with Crippen LogP contribution in [0.1, 0.15) is 0 Å². The fraction of sp³-hybridized carbons (Fsp3) is 0.500. The van der Waals surface area contributed by atoms with Crippen LogP contribution >= 0.6 is 0 Å². The molecule has 0 spiro atoms. The van der Waals surface area contributed by atoms with Gasteiger partial charge in [0.15, 0.2) is 0 Å². The van der Waals surface area contributed by atoms with Gasteiger partial charge in [-0.1, -0.05) is 0 Å². The number of hydrogen-bond acceptors (Lipinski definition) is 4. The van der Waals surface area contributed by atoms with Crippen LogP contribution in [0.5, 0.6) is 0 Å². The molecule has 76 valence electrons. The molecule has 2 radical (unpaired) electrons. The Morgan fingerprint density at radius 3 is 1.47 bits per heavy atom. The summed E-state index contributed by atoms with van der Waals surface area (Å²) >= 11 is 0. The first-order valence-electron chi connectivity index (χ1n) is 3.36. The van der Waals surface area contributed by atoms with E-state index in [4.69, 9.17) is 15.9 Å². The molecular formula is C6H10N2Na2O5. The molecule has 0 saturated heterocycles. The van der Waals surface area contributed by atoms with E-state index in [1.165, 1.54) is 0 Å². The average Bonchev–Trinajstić information content (AvgIpc) is 1.80. The number of carboxylic acid groups (broad SMARTS) is 2. The van der Waals surface area contributed by atoms with Crippen LogP contribution in [0.25, 0.3) is 0 Å². The number of hydrogen-bond donors (Lipinski definition) is 3. The van der Waals surface area contributed by atoms with Gasteiger partial charge in [0, 0.05) is 59.1 Å². The number of nitrogens with two attached hydrogens (primary N) is 1. The van der Waals surface area contributed by atoms with Gasteiger partial charge in [0.1, 0.15) is 0 Å². The van der Waals surface area contributed by atoms with Gasteiger partial charge >= 0.3 is 11.9 Å². The number of carbonyl (C=O) groups excluding carboxylic acids is 1. The van der Waals surface area contributed by atoms with Crippen molar-refractivity contribution in [3.8, 4) is 0 Å². The fourth-order valence-electron chi connectivity index (χ4n) is 0.771. The molecule has 0 aliphatic heterocycles. The van der Waals surface area contributed by atoms with Gasteiger partial charge in [-0.3, -0.25) is 19.3 Å². The quantitative estimate of drug-likeness (QED) is 0.428. The van der Waals surface area contributed by atoms with Gasteiger partial charge in [-0.05, 0) is 0 Å². The summed E-state index contributed by atoms with van der Waals surface area (Å²) in [5, 5.41) is 16.6. The zero-order valence-electron chi connectivity index (χ0n) is 8.77. The molecule has 0 heterocycles. The van der Waals surface area contributed by atoms with E-state index in [1.54, 1.807) is 0 Å². The second-order valence-corrected chi connectivity index (χ2v) is 2.40. The monoisotopic (exact) mass is 236 g/mol. The molecule has 0 bridgehead atoms. The Kier molecular flexibility index (Phi) is 15.0. The summed E-state index contributed by atoms with van der Waals surface area (Å²) in [6, 6.07) is 0. The molecule has 15 heavy (non-hydrogen) atoms. The summed E-state index contributed by atoms with van der Waals surface area (Å²) in [5.74, 6) is -3.17. The maximum Gasteiger partial charge on any atom is 0.317 e. The number of aliphatic carboxylic acids is 2. The van der Waals surface area contributed by atoms with Crippen LogP contribution in [0, 0.1) is 0 Å². The maximum absolute atomic E-state index is 10.4. The first-order valence-corrected chi connectivity index (χ1v) is 3.36. The summed E-state index contributed by atoms with van der Waals surface area (Å²) in [5.41, 5.74) is 4.78. The van der Waals surface area contributed by atoms with Crippen molar-refractivity contribution in [2.75, 3.05) is 19.6 Å². The second-order valence-electron chi connectivity index (χ2n) is 2.40. The van der Waals surface area contributed by atoms with Crippen molar-refractivity contribution >= 4 is 77.0 Å². The summed E-state index contributed by atoms with van der Waals surface area (Å²) in [7, 11) is 0. The van der Waals surface area contributed by atoms with Crippen molar-refractivity contribution in [3.05, 3.63) is 0 Å². The van der Waals surface area contributed by atoms with Crippen molar-refractivity contribution in [2.24, 2.45) is 5.73 Å². The Bertz CT molecular complexity index is 198. The van der Waals surface area contributed by atoms with Crippen LogP contribution in [0.4, 0.5) is 0 Å².